The standard InChI is InChI=1S/2C13H15.2C9H12O.C2H6Si.Zr/c2*1-9(2)12-6-4-5-11-7-10(3)8-13(11)12;2*1-6-4-7(2)9(10)8(3)5-6;1-3-2;/h2*4-9H,1-3H3;2*4-5,10H,1-3H3;1-2H3;/q2*-1;;;;+2/p-2. The van der Waals surface area contributed by atoms with Crippen LogP contribution in [0.1, 0.15) is 95.2 Å². The summed E-state index contributed by atoms with van der Waals surface area (Å²) < 4.78 is 0. The van der Waals surface area contributed by atoms with Crippen molar-refractivity contribution in [2.45, 2.75) is 108 Å². The van der Waals surface area contributed by atoms with Crippen molar-refractivity contribution in [3.8, 4) is 11.5 Å². The van der Waals surface area contributed by atoms with Crippen LogP contribution < -0.4 is 10.2 Å². The Labute approximate surface area is 318 Å². The maximum atomic E-state index is 11.1. The molecule has 0 bridgehead atoms. The van der Waals surface area contributed by atoms with Gasteiger partial charge in [-0.2, -0.15) is 12.1 Å². The maximum absolute atomic E-state index is 11.1. The van der Waals surface area contributed by atoms with Gasteiger partial charge >= 0.3 is 41.9 Å². The Kier molecular flexibility index (Phi) is 17.2. The van der Waals surface area contributed by atoms with E-state index in [0.29, 0.717) is 11.8 Å². The van der Waals surface area contributed by atoms with E-state index in [1.54, 1.807) is 23.3 Å². The minimum absolute atomic E-state index is 0.172. The quantitative estimate of drug-likeness (QED) is 0.130. The van der Waals surface area contributed by atoms with Crippen LogP contribution in [0, 0.1) is 55.4 Å². The number of benzene rings is 4. The summed E-state index contributed by atoms with van der Waals surface area (Å²) in [5.41, 5.74) is 11.6. The molecule has 2 nitrogen and oxygen atoms in total. The minimum atomic E-state index is 0.172. The van der Waals surface area contributed by atoms with Gasteiger partial charge in [0.1, 0.15) is 0 Å². The third-order valence-electron chi connectivity index (χ3n) is 8.31. The minimum Gasteiger partial charge on any atom is -0.872 e. The summed E-state index contributed by atoms with van der Waals surface area (Å²) in [5.74, 6) is 1.58. The van der Waals surface area contributed by atoms with Crippen molar-refractivity contribution in [3.63, 3.8) is 0 Å². The van der Waals surface area contributed by atoms with Crippen molar-refractivity contribution >= 4 is 27.0 Å². The van der Waals surface area contributed by atoms with Crippen LogP contribution in [0.4, 0.5) is 0 Å². The number of aryl methyl sites for hydroxylation is 8. The smallest absolute Gasteiger partial charge is 0.0308 e. The van der Waals surface area contributed by atoms with E-state index in [2.05, 4.69) is 115 Å². The number of hydrogen-bond acceptors (Lipinski definition) is 2. The number of fused-ring (bicyclic) bond motifs is 2. The van der Waals surface area contributed by atoms with Crippen molar-refractivity contribution in [1.29, 1.82) is 0 Å². The molecule has 0 saturated heterocycles. The fourth-order valence-electron chi connectivity index (χ4n) is 6.16. The molecular weight excluding hydrogens is 704 g/mol. The van der Waals surface area contributed by atoms with Crippen LogP contribution >= 0.6 is 0 Å². The first-order chi connectivity index (χ1) is 23.3. The maximum Gasteiger partial charge on any atom is -0.0308 e. The summed E-state index contributed by atoms with van der Waals surface area (Å²) in [4.78, 5) is 0. The summed E-state index contributed by atoms with van der Waals surface area (Å²) in [6.45, 7) is 29.3. The molecule has 0 spiro atoms. The Bertz CT molecular complexity index is 1810. The van der Waals surface area contributed by atoms with E-state index in [1.807, 2.05) is 65.8 Å². The summed E-state index contributed by atoms with van der Waals surface area (Å²) in [6, 6.07) is 29.8. The van der Waals surface area contributed by atoms with E-state index >= 15 is 0 Å². The average molecular weight is 762 g/mol. The molecule has 264 valence electrons. The van der Waals surface area contributed by atoms with Crippen LogP contribution in [0.25, 0.3) is 21.5 Å². The first-order valence-electron chi connectivity index (χ1n) is 17.7. The molecule has 0 heterocycles. The van der Waals surface area contributed by atoms with Crippen LogP contribution in [0.15, 0.2) is 84.9 Å². The number of hydrogen-bond donors (Lipinski definition) is 0. The molecule has 0 fully saturated rings. The fourth-order valence-corrected chi connectivity index (χ4v) is 6.16. The summed E-state index contributed by atoms with van der Waals surface area (Å²) in [5, 5.41) is 27.9. The van der Waals surface area contributed by atoms with Gasteiger partial charge in [0.05, 0.1) is 0 Å². The van der Waals surface area contributed by atoms with Gasteiger partial charge in [-0.15, -0.1) is 80.6 Å². The van der Waals surface area contributed by atoms with Gasteiger partial charge in [-0.3, -0.25) is 0 Å². The van der Waals surface area contributed by atoms with Gasteiger partial charge in [0, 0.05) is 0 Å². The van der Waals surface area contributed by atoms with Gasteiger partial charge in [0.15, 0.2) is 0 Å². The molecular formula is C46H58O2SiZr-2. The molecule has 0 atom stereocenters. The zero-order chi connectivity index (χ0) is 37.9. The molecule has 0 aliphatic rings. The van der Waals surface area contributed by atoms with Crippen molar-refractivity contribution in [2.24, 2.45) is 0 Å². The van der Waals surface area contributed by atoms with E-state index < -0.39 is 0 Å². The van der Waals surface area contributed by atoms with Gasteiger partial charge in [-0.1, -0.05) is 122 Å². The SMILES string of the molecule is C[Si](C)=[Zr+2].Cc1cc(C)c([O-])c(C)c1.Cc1cc(C)c([O-])c(C)c1.Cc1cc2c(C(C)C)cccc2[cH-]1.Cc1cc2c(C(C)C)cccc2[cH-]1. The molecule has 0 aromatic heterocycles. The molecule has 6 rings (SSSR count). The molecule has 6 aromatic rings. The summed E-state index contributed by atoms with van der Waals surface area (Å²) in [6.07, 6.45) is 0. The van der Waals surface area contributed by atoms with Crippen LogP contribution in [-0.2, 0) is 23.3 Å². The normalized spacial score (nSPS) is 10.4. The van der Waals surface area contributed by atoms with Crippen LogP contribution in [0.3, 0.4) is 0 Å². The first kappa shape index (κ1) is 43.0. The van der Waals surface area contributed by atoms with Crippen LogP contribution in [-0.4, -0.2) is 5.43 Å². The third-order valence-corrected chi connectivity index (χ3v) is 8.31. The molecule has 0 aliphatic carbocycles. The largest absolute Gasteiger partial charge is 0.872 e. The fraction of sp³-hybridized carbons (Fsp3) is 0.348. The van der Waals surface area contributed by atoms with E-state index in [-0.39, 0.29) is 16.9 Å². The van der Waals surface area contributed by atoms with Gasteiger partial charge in [0.25, 0.3) is 0 Å². The van der Waals surface area contributed by atoms with Crippen LogP contribution in [0.5, 0.6) is 11.5 Å². The van der Waals surface area contributed by atoms with Gasteiger partial charge < -0.3 is 10.2 Å². The van der Waals surface area contributed by atoms with E-state index in [9.17, 15) is 10.2 Å². The summed E-state index contributed by atoms with van der Waals surface area (Å²) >= 11 is 1.74. The van der Waals surface area contributed by atoms with E-state index in [4.69, 9.17) is 0 Å². The predicted octanol–water partition coefficient (Wildman–Crippen LogP) is 12.1. The molecule has 0 saturated carbocycles. The Morgan fingerprint density at radius 1 is 0.520 bits per heavy atom. The van der Waals surface area contributed by atoms with Gasteiger partial charge in [0.2, 0.25) is 0 Å². The van der Waals surface area contributed by atoms with Gasteiger partial charge in [-0.05, 0) is 53.4 Å². The van der Waals surface area contributed by atoms with Crippen LogP contribution in [0.2, 0.25) is 13.1 Å². The molecule has 6 aromatic carbocycles. The molecule has 0 N–H and O–H groups in total. The molecule has 50 heavy (non-hydrogen) atoms. The summed E-state index contributed by atoms with van der Waals surface area (Å²) in [7, 11) is 0. The Morgan fingerprint density at radius 2 is 0.800 bits per heavy atom. The molecule has 0 aliphatic heterocycles. The zero-order valence-electron chi connectivity index (χ0n) is 33.1. The first-order valence-corrected chi connectivity index (χ1v) is 23.8. The van der Waals surface area contributed by atoms with E-state index in [0.717, 1.165) is 33.4 Å². The zero-order valence-corrected chi connectivity index (χ0v) is 36.5. The Hall–Kier alpha value is -3.20. The van der Waals surface area contributed by atoms with Crippen molar-refractivity contribution in [2.75, 3.05) is 0 Å². The molecule has 0 amide bonds. The predicted molar refractivity (Wildman–Crippen MR) is 214 cm³/mol. The second kappa shape index (κ2) is 20.0. The monoisotopic (exact) mass is 760 g/mol. The molecule has 0 radical (unpaired) electrons. The van der Waals surface area contributed by atoms with Crippen molar-refractivity contribution in [1.82, 2.24) is 0 Å². The van der Waals surface area contributed by atoms with Gasteiger partial charge in [-0.25, -0.2) is 0 Å². The van der Waals surface area contributed by atoms with Crippen molar-refractivity contribution < 1.29 is 33.5 Å². The second-order valence-corrected chi connectivity index (χ2v) is 23.9. The Morgan fingerprint density at radius 3 is 1.06 bits per heavy atom. The topological polar surface area (TPSA) is 46.1 Å². The average Bonchev–Trinajstić information content (AvgIpc) is 3.59. The third kappa shape index (κ3) is 13.2. The molecule has 0 unspecified atom stereocenters. The Balaban J connectivity index is 0.000000225. The second-order valence-electron chi connectivity index (χ2n) is 14.5. The number of rotatable bonds is 2. The molecule has 4 heteroatoms. The van der Waals surface area contributed by atoms with Crippen molar-refractivity contribution in [3.05, 3.63) is 141 Å². The van der Waals surface area contributed by atoms with E-state index in [1.165, 1.54) is 43.8 Å².